The molecule has 1 amide bonds. The SMILES string of the molecule is O=C1CCCN1Cc1cccc(NS(=O)(=O)c2ccc3ccccc3c2)c1. The molecule has 0 saturated carbocycles. The molecule has 1 saturated heterocycles. The number of amides is 1. The van der Waals surface area contributed by atoms with Crippen LogP contribution in [0.2, 0.25) is 0 Å². The summed E-state index contributed by atoms with van der Waals surface area (Å²) in [7, 11) is -3.69. The number of fused-ring (bicyclic) bond motifs is 1. The van der Waals surface area contributed by atoms with Crippen LogP contribution in [0.3, 0.4) is 0 Å². The van der Waals surface area contributed by atoms with Gasteiger partial charge in [-0.1, -0.05) is 42.5 Å². The second-order valence-electron chi connectivity index (χ2n) is 6.73. The number of carbonyl (C=O) groups excluding carboxylic acids is 1. The van der Waals surface area contributed by atoms with Gasteiger partial charge in [0.25, 0.3) is 10.0 Å². The van der Waals surface area contributed by atoms with Crippen molar-refractivity contribution in [3.63, 3.8) is 0 Å². The summed E-state index contributed by atoms with van der Waals surface area (Å²) in [6.45, 7) is 1.26. The van der Waals surface area contributed by atoms with Gasteiger partial charge < -0.3 is 4.90 Å². The Kier molecular flexibility index (Phi) is 4.58. The summed E-state index contributed by atoms with van der Waals surface area (Å²) in [5, 5.41) is 1.87. The zero-order chi connectivity index (χ0) is 18.9. The van der Waals surface area contributed by atoms with Crippen molar-refractivity contribution in [1.82, 2.24) is 4.90 Å². The number of hydrogen-bond acceptors (Lipinski definition) is 3. The van der Waals surface area contributed by atoms with E-state index in [0.29, 0.717) is 18.7 Å². The number of sulfonamides is 1. The summed E-state index contributed by atoms with van der Waals surface area (Å²) in [6.07, 6.45) is 1.47. The van der Waals surface area contributed by atoms with Crippen molar-refractivity contribution in [3.8, 4) is 0 Å². The van der Waals surface area contributed by atoms with Crippen molar-refractivity contribution in [2.24, 2.45) is 0 Å². The fourth-order valence-electron chi connectivity index (χ4n) is 3.37. The lowest BCUT2D eigenvalue weighted by Gasteiger charge is -2.16. The Balaban J connectivity index is 1.56. The highest BCUT2D eigenvalue weighted by Crippen LogP contribution is 2.23. The monoisotopic (exact) mass is 380 g/mol. The Hall–Kier alpha value is -2.86. The maximum atomic E-state index is 12.8. The van der Waals surface area contributed by atoms with Gasteiger partial charge in [0, 0.05) is 25.2 Å². The number of nitrogens with zero attached hydrogens (tertiary/aromatic N) is 1. The lowest BCUT2D eigenvalue weighted by Crippen LogP contribution is -2.23. The van der Waals surface area contributed by atoms with E-state index < -0.39 is 10.0 Å². The standard InChI is InChI=1S/C21H20N2O3S/c24-21-9-4-12-23(21)15-16-5-3-8-19(13-16)22-27(25,26)20-11-10-17-6-1-2-7-18(17)14-20/h1-3,5-8,10-11,13-14,22H,4,9,12,15H2. The highest BCUT2D eigenvalue weighted by atomic mass is 32.2. The second-order valence-corrected chi connectivity index (χ2v) is 8.42. The van der Waals surface area contributed by atoms with Crippen molar-refractivity contribution in [3.05, 3.63) is 72.3 Å². The third-order valence-electron chi connectivity index (χ3n) is 4.76. The van der Waals surface area contributed by atoms with Gasteiger partial charge in [-0.2, -0.15) is 0 Å². The van der Waals surface area contributed by atoms with Gasteiger partial charge in [0.2, 0.25) is 5.91 Å². The first-order chi connectivity index (χ1) is 13.0. The minimum Gasteiger partial charge on any atom is -0.338 e. The Labute approximate surface area is 158 Å². The lowest BCUT2D eigenvalue weighted by molar-refractivity contribution is -0.128. The first kappa shape index (κ1) is 17.5. The Morgan fingerprint density at radius 3 is 2.52 bits per heavy atom. The summed E-state index contributed by atoms with van der Waals surface area (Å²) in [6, 6.07) is 19.9. The predicted molar refractivity (Wildman–Crippen MR) is 106 cm³/mol. The topological polar surface area (TPSA) is 66.5 Å². The first-order valence-corrected chi connectivity index (χ1v) is 10.4. The molecule has 0 spiro atoms. The van der Waals surface area contributed by atoms with Crippen molar-refractivity contribution < 1.29 is 13.2 Å². The van der Waals surface area contributed by atoms with Crippen LogP contribution in [0.15, 0.2) is 71.6 Å². The maximum absolute atomic E-state index is 12.8. The number of carbonyl (C=O) groups is 1. The number of hydrogen-bond donors (Lipinski definition) is 1. The Morgan fingerprint density at radius 2 is 1.74 bits per heavy atom. The summed E-state index contributed by atoms with van der Waals surface area (Å²) < 4.78 is 28.2. The largest absolute Gasteiger partial charge is 0.338 e. The smallest absolute Gasteiger partial charge is 0.261 e. The molecule has 1 aliphatic rings. The van der Waals surface area contributed by atoms with Gasteiger partial charge in [-0.3, -0.25) is 9.52 Å². The van der Waals surface area contributed by atoms with Crippen molar-refractivity contribution in [2.75, 3.05) is 11.3 Å². The van der Waals surface area contributed by atoms with Gasteiger partial charge >= 0.3 is 0 Å². The summed E-state index contributed by atoms with van der Waals surface area (Å²) in [5.74, 6) is 0.150. The van der Waals surface area contributed by atoms with Gasteiger partial charge in [0.1, 0.15) is 0 Å². The molecule has 5 nitrogen and oxygen atoms in total. The molecule has 0 aromatic heterocycles. The van der Waals surface area contributed by atoms with E-state index in [2.05, 4.69) is 4.72 Å². The van der Waals surface area contributed by atoms with Crippen LogP contribution in [-0.4, -0.2) is 25.8 Å². The van der Waals surface area contributed by atoms with E-state index in [1.165, 1.54) is 0 Å². The van der Waals surface area contributed by atoms with Crippen LogP contribution in [-0.2, 0) is 21.4 Å². The lowest BCUT2D eigenvalue weighted by atomic mass is 10.1. The fourth-order valence-corrected chi connectivity index (χ4v) is 4.46. The van der Waals surface area contributed by atoms with E-state index in [0.717, 1.165) is 29.3 Å². The van der Waals surface area contributed by atoms with E-state index in [1.807, 2.05) is 30.3 Å². The number of likely N-dealkylation sites (tertiary alicyclic amines) is 1. The van der Waals surface area contributed by atoms with Gasteiger partial charge in [-0.25, -0.2) is 8.42 Å². The minimum absolute atomic E-state index is 0.150. The van der Waals surface area contributed by atoms with Gasteiger partial charge in [0.05, 0.1) is 4.90 Å². The maximum Gasteiger partial charge on any atom is 0.261 e. The van der Waals surface area contributed by atoms with Crippen LogP contribution >= 0.6 is 0 Å². The molecular formula is C21H20N2O3S. The average molecular weight is 380 g/mol. The molecule has 1 aliphatic heterocycles. The molecule has 27 heavy (non-hydrogen) atoms. The predicted octanol–water partition coefficient (Wildman–Crippen LogP) is 3.76. The number of benzene rings is 3. The number of nitrogens with one attached hydrogen (secondary N) is 1. The fraction of sp³-hybridized carbons (Fsp3) is 0.190. The molecule has 1 N–H and O–H groups in total. The van der Waals surface area contributed by atoms with Crippen molar-refractivity contribution in [1.29, 1.82) is 0 Å². The molecule has 138 valence electrons. The minimum atomic E-state index is -3.69. The van der Waals surface area contributed by atoms with Gasteiger partial charge in [-0.05, 0) is 47.0 Å². The van der Waals surface area contributed by atoms with Gasteiger partial charge in [-0.15, -0.1) is 0 Å². The summed E-state index contributed by atoms with van der Waals surface area (Å²) >= 11 is 0. The Bertz CT molecular complexity index is 1110. The second kappa shape index (κ2) is 7.04. The molecule has 1 heterocycles. The molecule has 0 radical (unpaired) electrons. The van der Waals surface area contributed by atoms with Crippen LogP contribution in [0, 0.1) is 0 Å². The zero-order valence-electron chi connectivity index (χ0n) is 14.8. The van der Waals surface area contributed by atoms with E-state index in [1.54, 1.807) is 41.3 Å². The third kappa shape index (κ3) is 3.80. The number of anilines is 1. The van der Waals surface area contributed by atoms with E-state index in [9.17, 15) is 13.2 Å². The van der Waals surface area contributed by atoms with Gasteiger partial charge in [0.15, 0.2) is 0 Å². The molecule has 0 bridgehead atoms. The molecule has 0 aliphatic carbocycles. The third-order valence-corrected chi connectivity index (χ3v) is 6.13. The normalized spacial score (nSPS) is 14.7. The molecule has 4 rings (SSSR count). The van der Waals surface area contributed by atoms with Crippen LogP contribution < -0.4 is 4.72 Å². The van der Waals surface area contributed by atoms with Crippen LogP contribution in [0.5, 0.6) is 0 Å². The van der Waals surface area contributed by atoms with E-state index >= 15 is 0 Å². The zero-order valence-corrected chi connectivity index (χ0v) is 15.6. The molecular weight excluding hydrogens is 360 g/mol. The summed E-state index contributed by atoms with van der Waals surface area (Å²) in [4.78, 5) is 13.8. The van der Waals surface area contributed by atoms with E-state index in [-0.39, 0.29) is 10.8 Å². The molecule has 3 aromatic carbocycles. The molecule has 0 unspecified atom stereocenters. The molecule has 1 fully saturated rings. The average Bonchev–Trinajstić information content (AvgIpc) is 3.06. The van der Waals surface area contributed by atoms with Crippen molar-refractivity contribution in [2.45, 2.75) is 24.3 Å². The first-order valence-electron chi connectivity index (χ1n) is 8.90. The van der Waals surface area contributed by atoms with Crippen LogP contribution in [0.4, 0.5) is 5.69 Å². The summed E-state index contributed by atoms with van der Waals surface area (Å²) in [5.41, 5.74) is 1.40. The van der Waals surface area contributed by atoms with Crippen LogP contribution in [0.25, 0.3) is 10.8 Å². The molecule has 6 heteroatoms. The highest BCUT2D eigenvalue weighted by molar-refractivity contribution is 7.92. The highest BCUT2D eigenvalue weighted by Gasteiger charge is 2.20. The van der Waals surface area contributed by atoms with E-state index in [4.69, 9.17) is 0 Å². The molecule has 0 atom stereocenters. The van der Waals surface area contributed by atoms with Crippen molar-refractivity contribution >= 4 is 32.4 Å². The van der Waals surface area contributed by atoms with Crippen LogP contribution in [0.1, 0.15) is 18.4 Å². The molecule has 3 aromatic rings. The quantitative estimate of drug-likeness (QED) is 0.733. The Morgan fingerprint density at radius 1 is 0.926 bits per heavy atom. The number of rotatable bonds is 5.